The molecule has 0 bridgehead atoms. The van der Waals surface area contributed by atoms with E-state index in [-0.39, 0.29) is 17.0 Å². The van der Waals surface area contributed by atoms with Gasteiger partial charge in [0.1, 0.15) is 5.60 Å². The van der Waals surface area contributed by atoms with Crippen LogP contribution in [0.5, 0.6) is 0 Å². The molecule has 0 aromatic rings. The van der Waals surface area contributed by atoms with Crippen molar-refractivity contribution in [1.82, 2.24) is 0 Å². The van der Waals surface area contributed by atoms with E-state index < -0.39 is 0 Å². The molecule has 0 spiro atoms. The third kappa shape index (κ3) is 1.35. The van der Waals surface area contributed by atoms with Crippen LogP contribution in [0.25, 0.3) is 0 Å². The van der Waals surface area contributed by atoms with Crippen LogP contribution < -0.4 is 0 Å². The molecule has 1 heterocycles. The lowest BCUT2D eigenvalue weighted by molar-refractivity contribution is -0.152. The maximum Gasteiger partial charge on any atom is 0.312 e. The summed E-state index contributed by atoms with van der Waals surface area (Å²) >= 11 is 0. The number of esters is 1. The van der Waals surface area contributed by atoms with Crippen LogP contribution >= 0.6 is 0 Å². The number of ether oxygens (including phenoxy) is 1. The van der Waals surface area contributed by atoms with Gasteiger partial charge in [0, 0.05) is 6.42 Å². The molecule has 1 saturated heterocycles. The zero-order chi connectivity index (χ0) is 9.41. The second kappa shape index (κ2) is 2.75. The number of cyclic esters (lactones) is 1. The molecule has 2 unspecified atom stereocenters. The molecule has 0 radical (unpaired) electrons. The summed E-state index contributed by atoms with van der Waals surface area (Å²) in [7, 11) is 0. The monoisotopic (exact) mass is 170 g/mol. The molecular formula is C10H18O2. The highest BCUT2D eigenvalue weighted by molar-refractivity contribution is 5.79. The Labute approximate surface area is 74.3 Å². The summed E-state index contributed by atoms with van der Waals surface area (Å²) < 4.78 is 5.37. The zero-order valence-electron chi connectivity index (χ0n) is 8.44. The Balaban J connectivity index is 2.81. The van der Waals surface area contributed by atoms with Crippen LogP contribution in [0.1, 0.15) is 47.0 Å². The number of carbonyl (C=O) groups is 1. The van der Waals surface area contributed by atoms with E-state index in [0.29, 0.717) is 0 Å². The molecule has 1 rings (SSSR count). The Morgan fingerprint density at radius 2 is 1.92 bits per heavy atom. The lowest BCUT2D eigenvalue weighted by Gasteiger charge is -2.21. The van der Waals surface area contributed by atoms with Gasteiger partial charge in [-0.3, -0.25) is 4.79 Å². The second-order valence-corrected chi connectivity index (χ2v) is 4.28. The molecular weight excluding hydrogens is 152 g/mol. The second-order valence-electron chi connectivity index (χ2n) is 4.28. The molecule has 0 saturated carbocycles. The molecule has 1 fully saturated rings. The van der Waals surface area contributed by atoms with Crippen molar-refractivity contribution < 1.29 is 9.53 Å². The maximum absolute atomic E-state index is 11.5. The fraction of sp³-hybridized carbons (Fsp3) is 0.900. The van der Waals surface area contributed by atoms with E-state index in [4.69, 9.17) is 4.74 Å². The summed E-state index contributed by atoms with van der Waals surface area (Å²) in [4.78, 5) is 11.5. The molecule has 0 aromatic heterocycles. The molecule has 1 aliphatic heterocycles. The average molecular weight is 170 g/mol. The fourth-order valence-electron chi connectivity index (χ4n) is 1.75. The standard InChI is InChI=1S/C10H18O2/c1-5-9(3)7-10(4,6-2)12-8(9)11/h5-7H2,1-4H3. The van der Waals surface area contributed by atoms with E-state index in [0.717, 1.165) is 19.3 Å². The van der Waals surface area contributed by atoms with E-state index in [1.165, 1.54) is 0 Å². The summed E-state index contributed by atoms with van der Waals surface area (Å²) in [5.41, 5.74) is -0.438. The maximum atomic E-state index is 11.5. The number of carbonyl (C=O) groups excluding carboxylic acids is 1. The van der Waals surface area contributed by atoms with Crippen molar-refractivity contribution >= 4 is 5.97 Å². The third-order valence-corrected chi connectivity index (χ3v) is 3.12. The minimum atomic E-state index is -0.231. The van der Waals surface area contributed by atoms with Gasteiger partial charge in [-0.1, -0.05) is 13.8 Å². The number of hydrogen-bond donors (Lipinski definition) is 0. The lowest BCUT2D eigenvalue weighted by atomic mass is 9.80. The Bertz CT molecular complexity index is 200. The van der Waals surface area contributed by atoms with Crippen molar-refractivity contribution in [2.75, 3.05) is 0 Å². The van der Waals surface area contributed by atoms with Gasteiger partial charge in [-0.05, 0) is 26.7 Å². The van der Waals surface area contributed by atoms with Crippen molar-refractivity contribution in [3.63, 3.8) is 0 Å². The number of hydrogen-bond acceptors (Lipinski definition) is 2. The molecule has 0 N–H and O–H groups in total. The van der Waals surface area contributed by atoms with Gasteiger partial charge in [0.2, 0.25) is 0 Å². The van der Waals surface area contributed by atoms with Gasteiger partial charge < -0.3 is 4.74 Å². The normalized spacial score (nSPS) is 41.5. The summed E-state index contributed by atoms with van der Waals surface area (Å²) in [5, 5.41) is 0. The SMILES string of the molecule is CCC1(C)CC(C)(CC)C(=O)O1. The van der Waals surface area contributed by atoms with Gasteiger partial charge in [-0.2, -0.15) is 0 Å². The quantitative estimate of drug-likeness (QED) is 0.595. The van der Waals surface area contributed by atoms with Crippen LogP contribution in [0.2, 0.25) is 0 Å². The first-order valence-corrected chi connectivity index (χ1v) is 4.69. The lowest BCUT2D eigenvalue weighted by Crippen LogP contribution is -2.23. The van der Waals surface area contributed by atoms with Crippen LogP contribution in [-0.2, 0) is 9.53 Å². The molecule has 2 heteroatoms. The Morgan fingerprint density at radius 1 is 1.33 bits per heavy atom. The van der Waals surface area contributed by atoms with Crippen LogP contribution in [0.3, 0.4) is 0 Å². The minimum absolute atomic E-state index is 0.0191. The van der Waals surface area contributed by atoms with Crippen molar-refractivity contribution in [3.8, 4) is 0 Å². The Kier molecular flexibility index (Phi) is 2.19. The molecule has 0 aromatic carbocycles. The summed E-state index contributed by atoms with van der Waals surface area (Å²) in [5.74, 6) is -0.0191. The largest absolute Gasteiger partial charge is 0.459 e. The van der Waals surface area contributed by atoms with Crippen LogP contribution in [0.4, 0.5) is 0 Å². The van der Waals surface area contributed by atoms with Gasteiger partial charge in [-0.25, -0.2) is 0 Å². The predicted octanol–water partition coefficient (Wildman–Crippen LogP) is 2.52. The predicted molar refractivity (Wildman–Crippen MR) is 47.8 cm³/mol. The van der Waals surface area contributed by atoms with Gasteiger partial charge >= 0.3 is 5.97 Å². The van der Waals surface area contributed by atoms with Crippen molar-refractivity contribution in [2.24, 2.45) is 5.41 Å². The molecule has 0 amide bonds. The van der Waals surface area contributed by atoms with Crippen LogP contribution in [0.15, 0.2) is 0 Å². The minimum Gasteiger partial charge on any atom is -0.459 e. The fourth-order valence-corrected chi connectivity index (χ4v) is 1.75. The first-order chi connectivity index (χ1) is 5.46. The summed E-state index contributed by atoms with van der Waals surface area (Å²) in [6.45, 7) is 8.12. The van der Waals surface area contributed by atoms with Gasteiger partial charge in [-0.15, -0.1) is 0 Å². The van der Waals surface area contributed by atoms with E-state index >= 15 is 0 Å². The summed E-state index contributed by atoms with van der Waals surface area (Å²) in [6.07, 6.45) is 2.65. The highest BCUT2D eigenvalue weighted by Crippen LogP contribution is 2.43. The molecule has 70 valence electrons. The van der Waals surface area contributed by atoms with Crippen LogP contribution in [-0.4, -0.2) is 11.6 Å². The van der Waals surface area contributed by atoms with E-state index in [2.05, 4.69) is 6.92 Å². The first kappa shape index (κ1) is 9.56. The molecule has 0 aliphatic carbocycles. The molecule has 2 atom stereocenters. The van der Waals surface area contributed by atoms with Crippen molar-refractivity contribution in [2.45, 2.75) is 52.6 Å². The number of rotatable bonds is 2. The highest BCUT2D eigenvalue weighted by Gasteiger charge is 2.49. The van der Waals surface area contributed by atoms with Gasteiger partial charge in [0.25, 0.3) is 0 Å². The van der Waals surface area contributed by atoms with E-state index in [1.807, 2.05) is 20.8 Å². The Morgan fingerprint density at radius 3 is 2.17 bits per heavy atom. The van der Waals surface area contributed by atoms with Gasteiger partial charge in [0.15, 0.2) is 0 Å². The van der Waals surface area contributed by atoms with Crippen molar-refractivity contribution in [3.05, 3.63) is 0 Å². The first-order valence-electron chi connectivity index (χ1n) is 4.69. The highest BCUT2D eigenvalue weighted by atomic mass is 16.6. The third-order valence-electron chi connectivity index (χ3n) is 3.12. The van der Waals surface area contributed by atoms with E-state index in [1.54, 1.807) is 0 Å². The average Bonchev–Trinajstić information content (AvgIpc) is 2.25. The van der Waals surface area contributed by atoms with E-state index in [9.17, 15) is 4.79 Å². The van der Waals surface area contributed by atoms with Crippen LogP contribution in [0, 0.1) is 5.41 Å². The van der Waals surface area contributed by atoms with Gasteiger partial charge in [0.05, 0.1) is 5.41 Å². The zero-order valence-corrected chi connectivity index (χ0v) is 8.44. The topological polar surface area (TPSA) is 26.3 Å². The molecule has 12 heavy (non-hydrogen) atoms. The Hall–Kier alpha value is -0.530. The smallest absolute Gasteiger partial charge is 0.312 e. The summed E-state index contributed by atoms with van der Waals surface area (Å²) in [6, 6.07) is 0. The molecule has 1 aliphatic rings. The molecule has 2 nitrogen and oxygen atoms in total. The van der Waals surface area contributed by atoms with Crippen molar-refractivity contribution in [1.29, 1.82) is 0 Å².